The highest BCUT2D eigenvalue weighted by Gasteiger charge is 2.25. The van der Waals surface area contributed by atoms with Crippen molar-refractivity contribution in [1.29, 1.82) is 0 Å². The number of nitrogens with zero attached hydrogens (tertiary/aromatic N) is 3. The lowest BCUT2D eigenvalue weighted by atomic mass is 10.1. The summed E-state index contributed by atoms with van der Waals surface area (Å²) in [4.78, 5) is 8.42. The summed E-state index contributed by atoms with van der Waals surface area (Å²) in [6.45, 7) is 2.25. The summed E-state index contributed by atoms with van der Waals surface area (Å²) in [6.07, 6.45) is 11.3. The zero-order valence-electron chi connectivity index (χ0n) is 10.6. The van der Waals surface area contributed by atoms with Crippen LogP contribution in [0.15, 0.2) is 31.0 Å². The summed E-state index contributed by atoms with van der Waals surface area (Å²) in [7, 11) is 0. The fourth-order valence-electron chi connectivity index (χ4n) is 2.43. The van der Waals surface area contributed by atoms with Crippen LogP contribution in [-0.4, -0.2) is 14.5 Å². The van der Waals surface area contributed by atoms with Crippen molar-refractivity contribution in [2.45, 2.75) is 32.2 Å². The van der Waals surface area contributed by atoms with Crippen molar-refractivity contribution in [2.24, 2.45) is 5.92 Å². The number of rotatable bonds is 4. The molecule has 1 atom stereocenters. The van der Waals surface area contributed by atoms with Crippen LogP contribution in [0.2, 0.25) is 0 Å². The number of hydrogen-bond acceptors (Lipinski definition) is 3. The molecule has 0 bridgehead atoms. The molecule has 2 aromatic rings. The molecule has 0 amide bonds. The van der Waals surface area contributed by atoms with Gasteiger partial charge in [-0.1, -0.05) is 12.8 Å². The Hall–Kier alpha value is -1.84. The van der Waals surface area contributed by atoms with Crippen molar-refractivity contribution in [1.82, 2.24) is 14.5 Å². The third kappa shape index (κ3) is 2.10. The average Bonchev–Trinajstić information content (AvgIpc) is 3.04. The summed E-state index contributed by atoms with van der Waals surface area (Å²) in [5, 5.41) is 0. The van der Waals surface area contributed by atoms with Crippen LogP contribution in [0, 0.1) is 5.92 Å². The molecule has 1 unspecified atom stereocenters. The van der Waals surface area contributed by atoms with E-state index in [1.165, 1.54) is 19.3 Å². The number of hydrogen-bond donors (Lipinski definition) is 1. The number of nitrogen functional groups attached to an aromatic ring is 1. The van der Waals surface area contributed by atoms with Gasteiger partial charge in [-0.15, -0.1) is 0 Å². The molecular weight excluding hydrogens is 224 g/mol. The molecule has 1 aliphatic carbocycles. The van der Waals surface area contributed by atoms with Gasteiger partial charge in [-0.25, -0.2) is 4.98 Å². The predicted octanol–water partition coefficient (Wildman–Crippen LogP) is 2.89. The smallest absolute Gasteiger partial charge is 0.0953 e. The van der Waals surface area contributed by atoms with E-state index in [-0.39, 0.29) is 0 Å². The summed E-state index contributed by atoms with van der Waals surface area (Å²) in [6, 6.07) is 2.30. The lowest BCUT2D eigenvalue weighted by Crippen LogP contribution is -2.07. The normalized spacial score (nSPS) is 16.7. The summed E-state index contributed by atoms with van der Waals surface area (Å²) in [5.41, 5.74) is 8.80. The zero-order chi connectivity index (χ0) is 12.5. The molecule has 2 heterocycles. The first-order chi connectivity index (χ1) is 8.75. The predicted molar refractivity (Wildman–Crippen MR) is 71.9 cm³/mol. The second-order valence-corrected chi connectivity index (χ2v) is 5.18. The topological polar surface area (TPSA) is 56.7 Å². The Labute approximate surface area is 107 Å². The van der Waals surface area contributed by atoms with E-state index >= 15 is 0 Å². The van der Waals surface area contributed by atoms with Crippen molar-refractivity contribution in [3.8, 4) is 11.3 Å². The average molecular weight is 242 g/mol. The molecule has 0 radical (unpaired) electrons. The first kappa shape index (κ1) is 11.3. The maximum atomic E-state index is 6.01. The monoisotopic (exact) mass is 242 g/mol. The molecule has 0 aromatic carbocycles. The maximum absolute atomic E-state index is 6.01. The Balaban J connectivity index is 1.93. The quantitative estimate of drug-likeness (QED) is 0.896. The van der Waals surface area contributed by atoms with E-state index in [4.69, 9.17) is 5.73 Å². The molecule has 0 aliphatic heterocycles. The van der Waals surface area contributed by atoms with Gasteiger partial charge in [0.1, 0.15) is 0 Å². The molecule has 1 saturated carbocycles. The standard InChI is InChI=1S/C14H18N4/c1-10(6-11-2-3-11)18-9-17-8-14(18)12-7-16-5-4-13(12)15/h4-5,7-11H,2-3,6H2,1H3,(H2,15,16). The van der Waals surface area contributed by atoms with Crippen LogP contribution in [0.5, 0.6) is 0 Å². The second-order valence-electron chi connectivity index (χ2n) is 5.18. The summed E-state index contributed by atoms with van der Waals surface area (Å²) >= 11 is 0. The lowest BCUT2D eigenvalue weighted by molar-refractivity contribution is 0.480. The van der Waals surface area contributed by atoms with Crippen LogP contribution < -0.4 is 5.73 Å². The van der Waals surface area contributed by atoms with E-state index in [1.54, 1.807) is 6.20 Å². The fourth-order valence-corrected chi connectivity index (χ4v) is 2.43. The Morgan fingerprint density at radius 3 is 2.94 bits per heavy atom. The van der Waals surface area contributed by atoms with Gasteiger partial charge >= 0.3 is 0 Å². The van der Waals surface area contributed by atoms with Crippen LogP contribution in [0.3, 0.4) is 0 Å². The number of pyridine rings is 1. The number of anilines is 1. The van der Waals surface area contributed by atoms with Crippen LogP contribution in [0.25, 0.3) is 11.3 Å². The van der Waals surface area contributed by atoms with Gasteiger partial charge < -0.3 is 10.3 Å². The largest absolute Gasteiger partial charge is 0.398 e. The van der Waals surface area contributed by atoms with Gasteiger partial charge in [0.15, 0.2) is 0 Å². The first-order valence-electron chi connectivity index (χ1n) is 6.47. The van der Waals surface area contributed by atoms with E-state index < -0.39 is 0 Å². The second kappa shape index (κ2) is 4.44. The Kier molecular flexibility index (Phi) is 2.78. The van der Waals surface area contributed by atoms with Gasteiger partial charge in [0.25, 0.3) is 0 Å². The Morgan fingerprint density at radius 2 is 2.22 bits per heavy atom. The van der Waals surface area contributed by atoms with Gasteiger partial charge in [-0.05, 0) is 25.3 Å². The number of nitrogens with two attached hydrogens (primary N) is 1. The third-order valence-electron chi connectivity index (χ3n) is 3.64. The first-order valence-corrected chi connectivity index (χ1v) is 6.47. The van der Waals surface area contributed by atoms with Crippen molar-refractivity contribution in [2.75, 3.05) is 5.73 Å². The molecular formula is C14H18N4. The maximum Gasteiger partial charge on any atom is 0.0953 e. The van der Waals surface area contributed by atoms with E-state index in [1.807, 2.05) is 24.8 Å². The lowest BCUT2D eigenvalue weighted by Gasteiger charge is -2.17. The number of imidazole rings is 1. The highest BCUT2D eigenvalue weighted by Crippen LogP contribution is 2.38. The minimum absolute atomic E-state index is 0.467. The molecule has 0 saturated heterocycles. The van der Waals surface area contributed by atoms with Crippen LogP contribution >= 0.6 is 0 Å². The molecule has 1 aliphatic rings. The molecule has 4 heteroatoms. The Morgan fingerprint density at radius 1 is 1.39 bits per heavy atom. The van der Waals surface area contributed by atoms with Gasteiger partial charge in [-0.2, -0.15) is 0 Å². The molecule has 18 heavy (non-hydrogen) atoms. The molecule has 3 rings (SSSR count). The van der Waals surface area contributed by atoms with Crippen LogP contribution in [0.1, 0.15) is 32.2 Å². The minimum atomic E-state index is 0.467. The van der Waals surface area contributed by atoms with E-state index in [0.29, 0.717) is 6.04 Å². The minimum Gasteiger partial charge on any atom is -0.398 e. The van der Waals surface area contributed by atoms with Crippen LogP contribution in [0.4, 0.5) is 5.69 Å². The summed E-state index contributed by atoms with van der Waals surface area (Å²) < 4.78 is 2.21. The van der Waals surface area contributed by atoms with Gasteiger partial charge in [-0.3, -0.25) is 4.98 Å². The third-order valence-corrected chi connectivity index (χ3v) is 3.64. The molecule has 2 aromatic heterocycles. The van der Waals surface area contributed by atoms with Gasteiger partial charge in [0, 0.05) is 29.7 Å². The highest BCUT2D eigenvalue weighted by atomic mass is 15.1. The van der Waals surface area contributed by atoms with Crippen LogP contribution in [-0.2, 0) is 0 Å². The Bertz CT molecular complexity index is 542. The van der Waals surface area contributed by atoms with Crippen molar-refractivity contribution >= 4 is 5.69 Å². The van der Waals surface area contributed by atoms with Crippen molar-refractivity contribution < 1.29 is 0 Å². The molecule has 0 spiro atoms. The van der Waals surface area contributed by atoms with Crippen molar-refractivity contribution in [3.05, 3.63) is 31.0 Å². The van der Waals surface area contributed by atoms with E-state index in [9.17, 15) is 0 Å². The molecule has 2 N–H and O–H groups in total. The SMILES string of the molecule is CC(CC1CC1)n1cncc1-c1cnccc1N. The summed E-state index contributed by atoms with van der Waals surface area (Å²) in [5.74, 6) is 0.904. The van der Waals surface area contributed by atoms with Crippen molar-refractivity contribution in [3.63, 3.8) is 0 Å². The zero-order valence-corrected chi connectivity index (χ0v) is 10.6. The van der Waals surface area contributed by atoms with Gasteiger partial charge in [0.2, 0.25) is 0 Å². The van der Waals surface area contributed by atoms with Gasteiger partial charge in [0.05, 0.1) is 18.2 Å². The molecule has 94 valence electrons. The molecule has 4 nitrogen and oxygen atoms in total. The van der Waals surface area contributed by atoms with E-state index in [2.05, 4.69) is 21.5 Å². The molecule has 1 fully saturated rings. The fraction of sp³-hybridized carbons (Fsp3) is 0.429. The highest BCUT2D eigenvalue weighted by molar-refractivity contribution is 5.72. The van der Waals surface area contributed by atoms with E-state index in [0.717, 1.165) is 22.9 Å². The number of aromatic nitrogens is 3.